The van der Waals surface area contributed by atoms with E-state index in [2.05, 4.69) is 64.6 Å². The van der Waals surface area contributed by atoms with Crippen LogP contribution in [0.15, 0.2) is 34.8 Å². The molecule has 0 saturated heterocycles. The lowest BCUT2D eigenvalue weighted by Crippen LogP contribution is -2.49. The van der Waals surface area contributed by atoms with Crippen molar-refractivity contribution >= 4 is 15.9 Å². The van der Waals surface area contributed by atoms with E-state index in [1.807, 2.05) is 24.7 Å². The van der Waals surface area contributed by atoms with Crippen molar-refractivity contribution in [2.75, 3.05) is 0 Å². The molecule has 21 heavy (non-hydrogen) atoms. The maximum absolute atomic E-state index is 5.86. The van der Waals surface area contributed by atoms with E-state index in [1.165, 1.54) is 5.56 Å². The van der Waals surface area contributed by atoms with Gasteiger partial charge in [-0.15, -0.1) is 0 Å². The van der Waals surface area contributed by atoms with E-state index in [9.17, 15) is 0 Å². The Kier molecular flexibility index (Phi) is 4.86. The number of aromatic nitrogens is 2. The van der Waals surface area contributed by atoms with Crippen LogP contribution in [0.4, 0.5) is 0 Å². The second-order valence-corrected chi connectivity index (χ2v) is 6.77. The molecule has 1 unspecified atom stereocenters. The number of nitrogens with zero attached hydrogens (tertiary/aromatic N) is 2. The van der Waals surface area contributed by atoms with E-state index < -0.39 is 0 Å². The highest BCUT2D eigenvalue weighted by atomic mass is 79.9. The Balaban J connectivity index is 2.32. The zero-order valence-corrected chi connectivity index (χ0v) is 14.6. The van der Waals surface area contributed by atoms with E-state index in [4.69, 9.17) is 5.84 Å². The van der Waals surface area contributed by atoms with Crippen molar-refractivity contribution in [1.29, 1.82) is 0 Å². The van der Waals surface area contributed by atoms with Crippen LogP contribution in [0.3, 0.4) is 0 Å². The minimum absolute atomic E-state index is 0.0897. The number of aryl methyl sites for hydroxylation is 2. The molecule has 1 atom stereocenters. The molecule has 0 bridgehead atoms. The number of nitrogens with two attached hydrogens (primary N) is 1. The van der Waals surface area contributed by atoms with Crippen molar-refractivity contribution in [2.45, 2.75) is 38.6 Å². The summed E-state index contributed by atoms with van der Waals surface area (Å²) in [6, 6.07) is 10.6. The number of nitrogens with one attached hydrogen (secondary N) is 1. The number of hydrazine groups is 1. The third-order valence-electron chi connectivity index (χ3n) is 4.25. The highest BCUT2D eigenvalue weighted by molar-refractivity contribution is 9.10. The maximum Gasteiger partial charge on any atom is 0.0738 e. The van der Waals surface area contributed by atoms with Gasteiger partial charge in [0, 0.05) is 24.9 Å². The average molecular weight is 351 g/mol. The van der Waals surface area contributed by atoms with E-state index in [0.717, 1.165) is 22.3 Å². The van der Waals surface area contributed by atoms with Crippen molar-refractivity contribution in [2.24, 2.45) is 12.9 Å². The van der Waals surface area contributed by atoms with Gasteiger partial charge in [0.2, 0.25) is 0 Å². The van der Waals surface area contributed by atoms with Crippen molar-refractivity contribution in [3.63, 3.8) is 0 Å². The molecular formula is C16H23BrN4. The first-order valence-corrected chi connectivity index (χ1v) is 7.86. The van der Waals surface area contributed by atoms with Gasteiger partial charge in [0.05, 0.1) is 15.9 Å². The summed E-state index contributed by atoms with van der Waals surface area (Å²) in [5, 5.41) is 4.45. The summed E-state index contributed by atoms with van der Waals surface area (Å²) in [6.07, 6.45) is 0.802. The molecule has 0 aliphatic rings. The quantitative estimate of drug-likeness (QED) is 0.643. The lowest BCUT2D eigenvalue weighted by Gasteiger charge is -2.34. The topological polar surface area (TPSA) is 55.9 Å². The number of halogens is 1. The number of benzene rings is 1. The van der Waals surface area contributed by atoms with Crippen LogP contribution in [0, 0.1) is 6.92 Å². The van der Waals surface area contributed by atoms with Crippen LogP contribution < -0.4 is 11.3 Å². The zero-order chi connectivity index (χ0) is 15.6. The SMILES string of the molecule is Cc1nn(C)c(CC(NN)C(C)(C)c2ccccc2)c1Br. The molecule has 1 heterocycles. The molecule has 5 heteroatoms. The fraction of sp³-hybridized carbons (Fsp3) is 0.438. The summed E-state index contributed by atoms with van der Waals surface area (Å²) < 4.78 is 2.99. The Bertz CT molecular complexity index is 604. The van der Waals surface area contributed by atoms with Gasteiger partial charge in [0.1, 0.15) is 0 Å². The fourth-order valence-electron chi connectivity index (χ4n) is 2.69. The zero-order valence-electron chi connectivity index (χ0n) is 13.0. The molecule has 114 valence electrons. The van der Waals surface area contributed by atoms with Gasteiger partial charge in [-0.05, 0) is 28.4 Å². The molecule has 0 aliphatic carbocycles. The minimum Gasteiger partial charge on any atom is -0.271 e. The van der Waals surface area contributed by atoms with Crippen molar-refractivity contribution in [3.8, 4) is 0 Å². The van der Waals surface area contributed by atoms with E-state index >= 15 is 0 Å². The summed E-state index contributed by atoms with van der Waals surface area (Å²) in [7, 11) is 1.97. The summed E-state index contributed by atoms with van der Waals surface area (Å²) in [6.45, 7) is 6.43. The molecule has 2 aromatic rings. The van der Waals surface area contributed by atoms with Gasteiger partial charge < -0.3 is 0 Å². The molecular weight excluding hydrogens is 328 g/mol. The largest absolute Gasteiger partial charge is 0.271 e. The third-order valence-corrected chi connectivity index (χ3v) is 5.28. The number of rotatable bonds is 5. The van der Waals surface area contributed by atoms with Crippen LogP contribution in [0.25, 0.3) is 0 Å². The standard InChI is InChI=1S/C16H23BrN4/c1-11-15(17)13(21(4)20-11)10-14(19-18)16(2,3)12-8-6-5-7-9-12/h5-9,14,19H,10,18H2,1-4H3. The van der Waals surface area contributed by atoms with Gasteiger partial charge in [0.15, 0.2) is 0 Å². The van der Waals surface area contributed by atoms with Crippen LogP contribution in [0.5, 0.6) is 0 Å². The van der Waals surface area contributed by atoms with E-state index in [1.54, 1.807) is 0 Å². The lowest BCUT2D eigenvalue weighted by atomic mass is 9.76. The number of hydrogen-bond donors (Lipinski definition) is 2. The highest BCUT2D eigenvalue weighted by Crippen LogP contribution is 2.30. The normalized spacial score (nSPS) is 13.4. The van der Waals surface area contributed by atoms with Gasteiger partial charge in [-0.2, -0.15) is 5.10 Å². The molecule has 0 spiro atoms. The van der Waals surface area contributed by atoms with Crippen LogP contribution >= 0.6 is 15.9 Å². The summed E-state index contributed by atoms with van der Waals surface area (Å²) >= 11 is 3.63. The maximum atomic E-state index is 5.86. The predicted molar refractivity (Wildman–Crippen MR) is 89.9 cm³/mol. The van der Waals surface area contributed by atoms with Gasteiger partial charge in [-0.3, -0.25) is 16.0 Å². The Morgan fingerprint density at radius 2 is 1.95 bits per heavy atom. The minimum atomic E-state index is -0.0897. The first kappa shape index (κ1) is 16.2. The van der Waals surface area contributed by atoms with Crippen LogP contribution in [0.1, 0.15) is 30.8 Å². The van der Waals surface area contributed by atoms with Crippen LogP contribution in [-0.4, -0.2) is 15.8 Å². The second-order valence-electron chi connectivity index (χ2n) is 5.98. The summed E-state index contributed by atoms with van der Waals surface area (Å²) in [4.78, 5) is 0. The molecule has 0 fully saturated rings. The molecule has 0 aliphatic heterocycles. The summed E-state index contributed by atoms with van der Waals surface area (Å²) in [5.74, 6) is 5.86. The smallest absolute Gasteiger partial charge is 0.0738 e. The van der Waals surface area contributed by atoms with Gasteiger partial charge >= 0.3 is 0 Å². The Labute approximate surface area is 134 Å². The van der Waals surface area contributed by atoms with Crippen LogP contribution in [-0.2, 0) is 18.9 Å². The molecule has 1 aromatic heterocycles. The van der Waals surface area contributed by atoms with E-state index in [-0.39, 0.29) is 11.5 Å². The Hall–Kier alpha value is -1.17. The van der Waals surface area contributed by atoms with E-state index in [0.29, 0.717) is 0 Å². The Morgan fingerprint density at radius 1 is 1.33 bits per heavy atom. The van der Waals surface area contributed by atoms with Gasteiger partial charge in [-0.25, -0.2) is 0 Å². The first-order chi connectivity index (χ1) is 9.87. The van der Waals surface area contributed by atoms with Gasteiger partial charge in [-0.1, -0.05) is 44.2 Å². The van der Waals surface area contributed by atoms with Crippen molar-refractivity contribution < 1.29 is 0 Å². The third kappa shape index (κ3) is 3.20. The van der Waals surface area contributed by atoms with Crippen molar-refractivity contribution in [3.05, 3.63) is 51.8 Å². The van der Waals surface area contributed by atoms with Crippen LogP contribution in [0.2, 0.25) is 0 Å². The second kappa shape index (κ2) is 6.30. The number of hydrogen-bond acceptors (Lipinski definition) is 3. The fourth-order valence-corrected chi connectivity index (χ4v) is 3.18. The highest BCUT2D eigenvalue weighted by Gasteiger charge is 2.32. The molecule has 4 nitrogen and oxygen atoms in total. The summed E-state index contributed by atoms with van der Waals surface area (Å²) in [5.41, 5.74) is 6.32. The van der Waals surface area contributed by atoms with Crippen molar-refractivity contribution in [1.82, 2.24) is 15.2 Å². The lowest BCUT2D eigenvalue weighted by molar-refractivity contribution is 0.336. The molecule has 2 rings (SSSR count). The van der Waals surface area contributed by atoms with Gasteiger partial charge in [0.25, 0.3) is 0 Å². The molecule has 0 radical (unpaired) electrons. The molecule has 0 saturated carbocycles. The monoisotopic (exact) mass is 350 g/mol. The first-order valence-electron chi connectivity index (χ1n) is 7.07. The Morgan fingerprint density at radius 3 is 2.43 bits per heavy atom. The average Bonchev–Trinajstić information content (AvgIpc) is 2.71. The molecule has 3 N–H and O–H groups in total. The predicted octanol–water partition coefficient (Wildman–Crippen LogP) is 2.84. The molecule has 0 amide bonds. The molecule has 1 aromatic carbocycles.